The summed E-state index contributed by atoms with van der Waals surface area (Å²) in [7, 11) is 0. The summed E-state index contributed by atoms with van der Waals surface area (Å²) >= 11 is 0. The smallest absolute Gasteiger partial charge is 0.276 e. The molecule has 0 unspecified atom stereocenters. The van der Waals surface area contributed by atoms with Gasteiger partial charge in [0, 0.05) is 19.0 Å². The van der Waals surface area contributed by atoms with E-state index in [0.29, 0.717) is 18.2 Å². The number of carbonyl (C=O) groups is 1. The van der Waals surface area contributed by atoms with Crippen LogP contribution in [0.5, 0.6) is 0 Å². The molecule has 1 aliphatic heterocycles. The molecular weight excluding hydrogens is 319 g/mol. The molecule has 1 fully saturated rings. The molecule has 0 bridgehead atoms. The van der Waals surface area contributed by atoms with Crippen molar-refractivity contribution in [3.05, 3.63) is 53.2 Å². The molecule has 1 aromatic heterocycles. The molecule has 0 aliphatic carbocycles. The maximum Gasteiger partial charge on any atom is 0.276 e. The Labute approximate surface area is 148 Å². The zero-order chi connectivity index (χ0) is 17.8. The largest absolute Gasteiger partial charge is 0.361 e. The molecule has 0 radical (unpaired) electrons. The minimum absolute atomic E-state index is 0.115. The van der Waals surface area contributed by atoms with Crippen LogP contribution < -0.4 is 0 Å². The third kappa shape index (κ3) is 4.27. The summed E-state index contributed by atoms with van der Waals surface area (Å²) in [5.74, 6) is 0.773. The summed E-state index contributed by atoms with van der Waals surface area (Å²) in [6.07, 6.45) is 4.66. The zero-order valence-corrected chi connectivity index (χ0v) is 14.9. The van der Waals surface area contributed by atoms with Gasteiger partial charge in [0.05, 0.1) is 6.04 Å². The number of aromatic nitrogens is 1. The summed E-state index contributed by atoms with van der Waals surface area (Å²) in [4.78, 5) is 14.9. The molecule has 4 nitrogen and oxygen atoms in total. The fraction of sp³-hybridized carbons (Fsp3) is 0.500. The summed E-state index contributed by atoms with van der Waals surface area (Å²) in [6, 6.07) is 8.19. The normalized spacial score (nSPS) is 18.4. The Morgan fingerprint density at radius 2 is 2.16 bits per heavy atom. The number of benzene rings is 1. The van der Waals surface area contributed by atoms with Crippen molar-refractivity contribution in [2.45, 2.75) is 52.0 Å². The molecule has 134 valence electrons. The second-order valence-electron chi connectivity index (χ2n) is 7.20. The van der Waals surface area contributed by atoms with E-state index in [1.807, 2.05) is 11.0 Å². The fourth-order valence-corrected chi connectivity index (χ4v) is 3.47. The first kappa shape index (κ1) is 17.6. The molecule has 5 heteroatoms. The van der Waals surface area contributed by atoms with Crippen LogP contribution in [0.2, 0.25) is 0 Å². The lowest BCUT2D eigenvalue weighted by atomic mass is 10.0. The Balaban J connectivity index is 1.85. The SMILES string of the molecule is CC(C)Cc1cc(C(=O)N2CCCCC[C@H]2c2cccc(F)c2)no1. The van der Waals surface area contributed by atoms with Gasteiger partial charge < -0.3 is 9.42 Å². The maximum absolute atomic E-state index is 13.7. The van der Waals surface area contributed by atoms with Crippen LogP contribution in [0.25, 0.3) is 0 Å². The zero-order valence-electron chi connectivity index (χ0n) is 14.9. The molecule has 2 heterocycles. The van der Waals surface area contributed by atoms with E-state index in [2.05, 4.69) is 19.0 Å². The van der Waals surface area contributed by atoms with Gasteiger partial charge in [0.2, 0.25) is 0 Å². The highest BCUT2D eigenvalue weighted by Gasteiger charge is 2.29. The molecule has 1 aromatic carbocycles. The van der Waals surface area contributed by atoms with Gasteiger partial charge in [0.25, 0.3) is 5.91 Å². The van der Waals surface area contributed by atoms with E-state index in [9.17, 15) is 9.18 Å². The van der Waals surface area contributed by atoms with Crippen LogP contribution >= 0.6 is 0 Å². The molecule has 0 spiro atoms. The molecule has 25 heavy (non-hydrogen) atoms. The maximum atomic E-state index is 13.7. The number of halogens is 1. The first-order valence-corrected chi connectivity index (χ1v) is 9.06. The first-order valence-electron chi connectivity index (χ1n) is 9.06. The lowest BCUT2D eigenvalue weighted by molar-refractivity contribution is 0.0670. The molecule has 0 N–H and O–H groups in total. The number of likely N-dealkylation sites (tertiary alicyclic amines) is 1. The van der Waals surface area contributed by atoms with Crippen molar-refractivity contribution in [2.24, 2.45) is 5.92 Å². The fourth-order valence-electron chi connectivity index (χ4n) is 3.47. The lowest BCUT2D eigenvalue weighted by Crippen LogP contribution is -2.35. The van der Waals surface area contributed by atoms with Crippen molar-refractivity contribution >= 4 is 5.91 Å². The third-order valence-corrected chi connectivity index (χ3v) is 4.63. The van der Waals surface area contributed by atoms with Crippen molar-refractivity contribution in [1.29, 1.82) is 0 Å². The van der Waals surface area contributed by atoms with Crippen LogP contribution in [0, 0.1) is 11.7 Å². The van der Waals surface area contributed by atoms with Crippen LogP contribution in [0.3, 0.4) is 0 Å². The Morgan fingerprint density at radius 1 is 1.32 bits per heavy atom. The van der Waals surface area contributed by atoms with Crippen molar-refractivity contribution < 1.29 is 13.7 Å². The topological polar surface area (TPSA) is 46.3 Å². The van der Waals surface area contributed by atoms with E-state index in [1.54, 1.807) is 12.1 Å². The number of amides is 1. The van der Waals surface area contributed by atoms with Gasteiger partial charge >= 0.3 is 0 Å². The van der Waals surface area contributed by atoms with E-state index < -0.39 is 0 Å². The van der Waals surface area contributed by atoms with Crippen LogP contribution in [-0.4, -0.2) is 22.5 Å². The van der Waals surface area contributed by atoms with Crippen LogP contribution in [0.4, 0.5) is 4.39 Å². The minimum Gasteiger partial charge on any atom is -0.361 e. The standard InChI is InChI=1S/C20H25FN2O2/c1-14(2)11-17-13-18(22-25-17)20(24)23-10-5-3-4-9-19(23)15-7-6-8-16(21)12-15/h6-8,12-14,19H,3-5,9-11H2,1-2H3/t19-/m0/s1. The van der Waals surface area contributed by atoms with Gasteiger partial charge in [0.1, 0.15) is 11.6 Å². The van der Waals surface area contributed by atoms with Crippen molar-refractivity contribution in [3.63, 3.8) is 0 Å². The van der Waals surface area contributed by atoms with E-state index in [-0.39, 0.29) is 17.8 Å². The van der Waals surface area contributed by atoms with E-state index in [4.69, 9.17) is 4.52 Å². The number of rotatable bonds is 4. The average Bonchev–Trinajstić information content (AvgIpc) is 2.89. The van der Waals surface area contributed by atoms with E-state index in [1.165, 1.54) is 12.1 Å². The third-order valence-electron chi connectivity index (χ3n) is 4.63. The van der Waals surface area contributed by atoms with E-state index in [0.717, 1.165) is 43.4 Å². The van der Waals surface area contributed by atoms with Crippen molar-refractivity contribution in [2.75, 3.05) is 6.54 Å². The summed E-state index contributed by atoms with van der Waals surface area (Å²) in [6.45, 7) is 4.85. The Hall–Kier alpha value is -2.17. The average molecular weight is 344 g/mol. The van der Waals surface area contributed by atoms with Gasteiger partial charge in [-0.05, 0) is 36.5 Å². The molecule has 1 saturated heterocycles. The number of nitrogens with zero attached hydrogens (tertiary/aromatic N) is 2. The first-order chi connectivity index (χ1) is 12.0. The molecule has 3 rings (SSSR count). The molecule has 1 amide bonds. The highest BCUT2D eigenvalue weighted by atomic mass is 19.1. The Bertz CT molecular complexity index is 726. The molecule has 0 saturated carbocycles. The van der Waals surface area contributed by atoms with Crippen LogP contribution in [0.1, 0.15) is 67.4 Å². The predicted molar refractivity (Wildman–Crippen MR) is 93.7 cm³/mol. The van der Waals surface area contributed by atoms with Crippen molar-refractivity contribution in [3.8, 4) is 0 Å². The van der Waals surface area contributed by atoms with Gasteiger partial charge in [-0.25, -0.2) is 4.39 Å². The summed E-state index contributed by atoms with van der Waals surface area (Å²) in [5, 5.41) is 3.98. The highest BCUT2D eigenvalue weighted by molar-refractivity contribution is 5.92. The van der Waals surface area contributed by atoms with Crippen LogP contribution in [0.15, 0.2) is 34.9 Å². The van der Waals surface area contributed by atoms with Crippen LogP contribution in [-0.2, 0) is 6.42 Å². The molecule has 2 aromatic rings. The lowest BCUT2D eigenvalue weighted by Gasteiger charge is -2.29. The monoisotopic (exact) mass is 344 g/mol. The second kappa shape index (κ2) is 7.81. The molecular formula is C20H25FN2O2. The van der Waals surface area contributed by atoms with Gasteiger partial charge in [-0.2, -0.15) is 0 Å². The summed E-state index contributed by atoms with van der Waals surface area (Å²) in [5.41, 5.74) is 1.19. The number of hydrogen-bond donors (Lipinski definition) is 0. The minimum atomic E-state index is -0.269. The molecule has 1 aliphatic rings. The molecule has 1 atom stereocenters. The van der Waals surface area contributed by atoms with Crippen molar-refractivity contribution in [1.82, 2.24) is 10.1 Å². The van der Waals surface area contributed by atoms with Gasteiger partial charge in [0.15, 0.2) is 5.69 Å². The highest BCUT2D eigenvalue weighted by Crippen LogP contribution is 2.31. The quantitative estimate of drug-likeness (QED) is 0.802. The van der Waals surface area contributed by atoms with Gasteiger partial charge in [-0.15, -0.1) is 0 Å². The number of carbonyl (C=O) groups excluding carboxylic acids is 1. The second-order valence-corrected chi connectivity index (χ2v) is 7.20. The Kier molecular flexibility index (Phi) is 5.51. The predicted octanol–water partition coefficient (Wildman–Crippen LogP) is 4.77. The van der Waals surface area contributed by atoms with Gasteiger partial charge in [-0.1, -0.05) is 44.0 Å². The Morgan fingerprint density at radius 3 is 2.92 bits per heavy atom. The van der Waals surface area contributed by atoms with E-state index >= 15 is 0 Å². The summed E-state index contributed by atoms with van der Waals surface area (Å²) < 4.78 is 19.0. The number of hydrogen-bond acceptors (Lipinski definition) is 3. The van der Waals surface area contributed by atoms with Gasteiger partial charge in [-0.3, -0.25) is 4.79 Å².